The first kappa shape index (κ1) is 13.4. The van der Waals surface area contributed by atoms with Gasteiger partial charge in [0.25, 0.3) is 0 Å². The Morgan fingerprint density at radius 2 is 1.84 bits per heavy atom. The van der Waals surface area contributed by atoms with Gasteiger partial charge in [-0.3, -0.25) is 0 Å². The Balaban J connectivity index is 2.07. The minimum absolute atomic E-state index is 0.0144. The zero-order valence-electron chi connectivity index (χ0n) is 10.9. The van der Waals surface area contributed by atoms with Crippen LogP contribution in [0.1, 0.15) is 43.6 Å². The van der Waals surface area contributed by atoms with Crippen LogP contribution in [0.15, 0.2) is 29.2 Å². The van der Waals surface area contributed by atoms with Crippen LogP contribution in [0.4, 0.5) is 0 Å². The highest BCUT2D eigenvalue weighted by molar-refractivity contribution is 7.91. The molecule has 0 spiro atoms. The van der Waals surface area contributed by atoms with Gasteiger partial charge in [-0.15, -0.1) is 11.6 Å². The molecule has 0 N–H and O–H groups in total. The van der Waals surface area contributed by atoms with Crippen molar-refractivity contribution < 1.29 is 8.42 Å². The lowest BCUT2D eigenvalue weighted by atomic mass is 9.65. The summed E-state index contributed by atoms with van der Waals surface area (Å²) in [6.45, 7) is 0. The van der Waals surface area contributed by atoms with Crippen LogP contribution in [-0.2, 0) is 9.84 Å². The second-order valence-corrected chi connectivity index (χ2v) is 8.20. The van der Waals surface area contributed by atoms with Gasteiger partial charge in [0.1, 0.15) is 0 Å². The molecule has 104 valence electrons. The SMILES string of the molecule is O=S1(=O)CC(C2(CCl)CCCCC2)c2ccccc21. The molecule has 1 unspecified atom stereocenters. The number of rotatable bonds is 2. The van der Waals surface area contributed by atoms with Gasteiger partial charge >= 0.3 is 0 Å². The Bertz CT molecular complexity index is 574. The molecule has 2 aliphatic rings. The summed E-state index contributed by atoms with van der Waals surface area (Å²) in [6.07, 6.45) is 5.71. The van der Waals surface area contributed by atoms with E-state index >= 15 is 0 Å². The summed E-state index contributed by atoms with van der Waals surface area (Å²) in [4.78, 5) is 0.537. The van der Waals surface area contributed by atoms with Crippen molar-refractivity contribution in [2.45, 2.75) is 42.9 Å². The molecule has 19 heavy (non-hydrogen) atoms. The second-order valence-electron chi connectivity index (χ2n) is 5.93. The van der Waals surface area contributed by atoms with E-state index in [0.717, 1.165) is 18.4 Å². The van der Waals surface area contributed by atoms with E-state index in [-0.39, 0.29) is 17.1 Å². The van der Waals surface area contributed by atoms with Crippen molar-refractivity contribution in [3.05, 3.63) is 29.8 Å². The van der Waals surface area contributed by atoms with Crippen LogP contribution >= 0.6 is 11.6 Å². The third-order valence-electron chi connectivity index (χ3n) is 4.87. The largest absolute Gasteiger partial charge is 0.224 e. The van der Waals surface area contributed by atoms with Gasteiger partial charge < -0.3 is 0 Å². The molecule has 1 aromatic rings. The van der Waals surface area contributed by atoms with Gasteiger partial charge in [-0.25, -0.2) is 8.42 Å². The Morgan fingerprint density at radius 1 is 1.16 bits per heavy atom. The lowest BCUT2D eigenvalue weighted by Crippen LogP contribution is -2.34. The van der Waals surface area contributed by atoms with Gasteiger partial charge in [0.05, 0.1) is 10.6 Å². The molecule has 2 nitrogen and oxygen atoms in total. The minimum Gasteiger partial charge on any atom is -0.224 e. The summed E-state index contributed by atoms with van der Waals surface area (Å²) < 4.78 is 24.6. The summed E-state index contributed by atoms with van der Waals surface area (Å²) in [5, 5.41) is 0. The Kier molecular flexibility index (Phi) is 3.38. The van der Waals surface area contributed by atoms with Gasteiger partial charge in [-0.2, -0.15) is 0 Å². The zero-order valence-corrected chi connectivity index (χ0v) is 12.5. The van der Waals surface area contributed by atoms with Crippen molar-refractivity contribution in [1.29, 1.82) is 0 Å². The van der Waals surface area contributed by atoms with Crippen LogP contribution < -0.4 is 0 Å². The number of halogens is 1. The van der Waals surface area contributed by atoms with Crippen molar-refractivity contribution in [3.8, 4) is 0 Å². The van der Waals surface area contributed by atoms with Gasteiger partial charge in [0, 0.05) is 11.8 Å². The van der Waals surface area contributed by atoms with E-state index in [1.54, 1.807) is 6.07 Å². The number of sulfone groups is 1. The number of hydrogen-bond donors (Lipinski definition) is 0. The monoisotopic (exact) mass is 298 g/mol. The maximum absolute atomic E-state index is 12.3. The van der Waals surface area contributed by atoms with E-state index in [1.165, 1.54) is 19.3 Å². The molecular formula is C15H19ClO2S. The molecule has 1 aromatic carbocycles. The maximum Gasteiger partial charge on any atom is 0.179 e. The second kappa shape index (κ2) is 4.78. The molecule has 1 fully saturated rings. The quantitative estimate of drug-likeness (QED) is 0.779. The molecule has 4 heteroatoms. The summed E-state index contributed by atoms with van der Waals surface area (Å²) in [6, 6.07) is 7.48. The van der Waals surface area contributed by atoms with Crippen molar-refractivity contribution in [3.63, 3.8) is 0 Å². The van der Waals surface area contributed by atoms with Crippen LogP contribution in [0.25, 0.3) is 0 Å². The number of hydrogen-bond acceptors (Lipinski definition) is 2. The summed E-state index contributed by atoms with van der Waals surface area (Å²) in [5.74, 6) is 0.909. The van der Waals surface area contributed by atoms with E-state index in [4.69, 9.17) is 11.6 Å². The van der Waals surface area contributed by atoms with Gasteiger partial charge in [-0.1, -0.05) is 37.5 Å². The Hall–Kier alpha value is -0.540. The molecule has 0 bridgehead atoms. The van der Waals surface area contributed by atoms with E-state index in [2.05, 4.69) is 0 Å². The normalized spacial score (nSPS) is 27.9. The predicted molar refractivity (Wildman–Crippen MR) is 77.5 cm³/mol. The number of alkyl halides is 1. The fourth-order valence-corrected chi connectivity index (χ4v) is 6.25. The van der Waals surface area contributed by atoms with Crippen LogP contribution in [0.2, 0.25) is 0 Å². The Labute approximate surface area is 120 Å². The van der Waals surface area contributed by atoms with Crippen molar-refractivity contribution >= 4 is 21.4 Å². The average molecular weight is 299 g/mol. The zero-order chi connectivity index (χ0) is 13.5. The third kappa shape index (κ3) is 2.11. The fraction of sp³-hybridized carbons (Fsp3) is 0.600. The van der Waals surface area contributed by atoms with E-state index < -0.39 is 9.84 Å². The predicted octanol–water partition coefficient (Wildman–Crippen LogP) is 3.75. The topological polar surface area (TPSA) is 34.1 Å². The molecule has 1 aliphatic heterocycles. The van der Waals surface area contributed by atoms with Crippen LogP contribution in [0.3, 0.4) is 0 Å². The highest BCUT2D eigenvalue weighted by atomic mass is 35.5. The first-order chi connectivity index (χ1) is 9.09. The van der Waals surface area contributed by atoms with Crippen molar-refractivity contribution in [2.24, 2.45) is 5.41 Å². The lowest BCUT2D eigenvalue weighted by Gasteiger charge is -2.40. The van der Waals surface area contributed by atoms with Crippen molar-refractivity contribution in [1.82, 2.24) is 0 Å². The molecular weight excluding hydrogens is 280 g/mol. The molecule has 1 saturated carbocycles. The minimum atomic E-state index is -3.11. The summed E-state index contributed by atoms with van der Waals surface area (Å²) in [5.41, 5.74) is 0.990. The lowest BCUT2D eigenvalue weighted by molar-refractivity contribution is 0.184. The molecule has 1 heterocycles. The standard InChI is InChI=1S/C15H19ClO2S/c16-11-15(8-4-1-5-9-15)13-10-19(17,18)14-7-3-2-6-12(13)14/h2-3,6-7,13H,1,4-5,8-11H2. The van der Waals surface area contributed by atoms with Gasteiger partial charge in [0.15, 0.2) is 9.84 Å². The maximum atomic E-state index is 12.3. The van der Waals surface area contributed by atoms with Gasteiger partial charge in [-0.05, 0) is 29.9 Å². The average Bonchev–Trinajstić information content (AvgIpc) is 2.73. The van der Waals surface area contributed by atoms with Crippen molar-refractivity contribution in [2.75, 3.05) is 11.6 Å². The van der Waals surface area contributed by atoms with Gasteiger partial charge in [0.2, 0.25) is 0 Å². The first-order valence-electron chi connectivity index (χ1n) is 6.97. The number of benzene rings is 1. The van der Waals surface area contributed by atoms with Crippen LogP contribution in [-0.4, -0.2) is 20.1 Å². The third-order valence-corrected chi connectivity index (χ3v) is 7.22. The molecule has 0 aromatic heterocycles. The molecule has 1 aliphatic carbocycles. The molecule has 0 amide bonds. The Morgan fingerprint density at radius 3 is 2.53 bits per heavy atom. The first-order valence-corrected chi connectivity index (χ1v) is 9.15. The van der Waals surface area contributed by atoms with E-state index in [0.29, 0.717) is 10.8 Å². The molecule has 0 saturated heterocycles. The highest BCUT2D eigenvalue weighted by Gasteiger charge is 2.47. The highest BCUT2D eigenvalue weighted by Crippen LogP contribution is 2.53. The molecule has 0 radical (unpaired) electrons. The smallest absolute Gasteiger partial charge is 0.179 e. The van der Waals surface area contributed by atoms with Crippen LogP contribution in [0.5, 0.6) is 0 Å². The molecule has 1 atom stereocenters. The molecule has 3 rings (SSSR count). The van der Waals surface area contributed by atoms with E-state index in [9.17, 15) is 8.42 Å². The fourth-order valence-electron chi connectivity index (χ4n) is 3.79. The van der Waals surface area contributed by atoms with Crippen LogP contribution in [0, 0.1) is 5.41 Å². The summed E-state index contributed by atoms with van der Waals surface area (Å²) in [7, 11) is -3.11. The summed E-state index contributed by atoms with van der Waals surface area (Å²) >= 11 is 6.28. The van der Waals surface area contributed by atoms with E-state index in [1.807, 2.05) is 18.2 Å². The number of fused-ring (bicyclic) bond motifs is 1.